The van der Waals surface area contributed by atoms with Gasteiger partial charge in [0.25, 0.3) is 5.56 Å². The van der Waals surface area contributed by atoms with Crippen molar-refractivity contribution in [1.82, 2.24) is 9.55 Å². The third-order valence-electron chi connectivity index (χ3n) is 5.84. The Balaban J connectivity index is 1.49. The molecule has 1 aromatic carbocycles. The van der Waals surface area contributed by atoms with Crippen molar-refractivity contribution >= 4 is 44.9 Å². The molecule has 1 atom stereocenters. The van der Waals surface area contributed by atoms with E-state index in [9.17, 15) is 9.59 Å². The van der Waals surface area contributed by atoms with Gasteiger partial charge in [0.15, 0.2) is 5.16 Å². The van der Waals surface area contributed by atoms with Gasteiger partial charge >= 0.3 is 0 Å². The number of thiophene rings is 1. The van der Waals surface area contributed by atoms with Crippen LogP contribution < -0.4 is 10.9 Å². The summed E-state index contributed by atoms with van der Waals surface area (Å²) in [5.74, 6) is 0.420. The third-order valence-corrected chi connectivity index (χ3v) is 8.12. The predicted molar refractivity (Wildman–Crippen MR) is 133 cm³/mol. The number of carbonyl (C=O) groups excluding carboxylic acids is 1. The van der Waals surface area contributed by atoms with E-state index in [-0.39, 0.29) is 18.0 Å². The molecule has 0 saturated heterocycles. The molecule has 0 aliphatic heterocycles. The summed E-state index contributed by atoms with van der Waals surface area (Å²) in [4.78, 5) is 33.4. The summed E-state index contributed by atoms with van der Waals surface area (Å²) in [6.07, 6.45) is 5.68. The number of aryl methyl sites for hydroxylation is 2. The Labute approximate surface area is 204 Å². The van der Waals surface area contributed by atoms with Crippen molar-refractivity contribution in [2.75, 3.05) is 5.32 Å². The Morgan fingerprint density at radius 3 is 2.97 bits per heavy atom. The number of amides is 1. The number of furan rings is 1. The summed E-state index contributed by atoms with van der Waals surface area (Å²) >= 11 is 2.84. The molecular formula is C25H22N4O3S2. The molecule has 1 aliphatic rings. The minimum absolute atomic E-state index is 0.0855. The quantitative estimate of drug-likeness (QED) is 0.303. The van der Waals surface area contributed by atoms with Crippen LogP contribution in [-0.4, -0.2) is 20.7 Å². The molecule has 7 nitrogen and oxygen atoms in total. The van der Waals surface area contributed by atoms with Crippen LogP contribution in [0.15, 0.2) is 57.0 Å². The molecule has 34 heavy (non-hydrogen) atoms. The molecule has 172 valence electrons. The van der Waals surface area contributed by atoms with Gasteiger partial charge in [0.2, 0.25) is 5.91 Å². The number of fused-ring (bicyclic) bond motifs is 3. The number of aromatic nitrogens is 2. The van der Waals surface area contributed by atoms with Gasteiger partial charge < -0.3 is 9.73 Å². The molecule has 0 radical (unpaired) electrons. The van der Waals surface area contributed by atoms with Crippen molar-refractivity contribution in [2.45, 2.75) is 49.6 Å². The van der Waals surface area contributed by atoms with Gasteiger partial charge in [-0.2, -0.15) is 5.26 Å². The predicted octanol–water partition coefficient (Wildman–Crippen LogP) is 4.97. The Bertz CT molecular complexity index is 1460. The molecule has 0 bridgehead atoms. The largest absolute Gasteiger partial charge is 0.467 e. The molecule has 3 heterocycles. The van der Waals surface area contributed by atoms with Gasteiger partial charge in [-0.1, -0.05) is 17.8 Å². The van der Waals surface area contributed by atoms with E-state index in [4.69, 9.17) is 14.7 Å². The van der Waals surface area contributed by atoms with Crippen LogP contribution in [0.25, 0.3) is 10.2 Å². The number of anilines is 1. The topological polar surface area (TPSA) is 101 Å². The first-order chi connectivity index (χ1) is 16.5. The van der Waals surface area contributed by atoms with Crippen molar-refractivity contribution in [1.29, 1.82) is 5.26 Å². The Morgan fingerprint density at radius 2 is 2.18 bits per heavy atom. The van der Waals surface area contributed by atoms with Crippen molar-refractivity contribution in [3.05, 3.63) is 74.8 Å². The van der Waals surface area contributed by atoms with Crippen molar-refractivity contribution in [2.24, 2.45) is 0 Å². The van der Waals surface area contributed by atoms with Crippen LogP contribution in [0.3, 0.4) is 0 Å². The second-order valence-electron chi connectivity index (χ2n) is 8.20. The zero-order valence-electron chi connectivity index (χ0n) is 18.5. The molecule has 3 aromatic heterocycles. The summed E-state index contributed by atoms with van der Waals surface area (Å²) in [7, 11) is 0. The van der Waals surface area contributed by atoms with Crippen LogP contribution in [0, 0.1) is 11.3 Å². The number of nitriles is 1. The van der Waals surface area contributed by atoms with Crippen molar-refractivity contribution in [3.8, 4) is 6.07 Å². The van der Waals surface area contributed by atoms with E-state index in [2.05, 4.69) is 11.4 Å². The number of hydrogen-bond donors (Lipinski definition) is 1. The maximum Gasteiger partial charge on any atom is 0.263 e. The SMILES string of the molecule is CC(Sc1nc2sc3c(c2c(=O)n1Cc1ccco1)CCCC3)C(=O)Nc1cccc(C#N)c1. The van der Waals surface area contributed by atoms with Gasteiger partial charge in [-0.15, -0.1) is 11.3 Å². The van der Waals surface area contributed by atoms with E-state index < -0.39 is 5.25 Å². The molecule has 1 unspecified atom stereocenters. The van der Waals surface area contributed by atoms with Crippen LogP contribution in [0.5, 0.6) is 0 Å². The molecule has 1 amide bonds. The first-order valence-corrected chi connectivity index (χ1v) is 12.8. The first kappa shape index (κ1) is 22.4. The van der Waals surface area contributed by atoms with Crippen molar-refractivity contribution in [3.63, 3.8) is 0 Å². The summed E-state index contributed by atoms with van der Waals surface area (Å²) in [6, 6.07) is 12.5. The molecule has 9 heteroatoms. The van der Waals surface area contributed by atoms with Gasteiger partial charge in [-0.3, -0.25) is 14.2 Å². The van der Waals surface area contributed by atoms with Gasteiger partial charge in [-0.05, 0) is 68.5 Å². The third kappa shape index (κ3) is 4.39. The molecule has 0 spiro atoms. The van der Waals surface area contributed by atoms with Crippen LogP contribution >= 0.6 is 23.1 Å². The fourth-order valence-electron chi connectivity index (χ4n) is 4.13. The second kappa shape index (κ2) is 9.49. The minimum Gasteiger partial charge on any atom is -0.467 e. The number of nitrogens with zero attached hydrogens (tertiary/aromatic N) is 3. The standard InChI is InChI=1S/C25H22N4O3S2/c1-15(22(30)27-17-7-4-6-16(12-17)13-26)33-25-28-23-21(19-9-2-3-10-20(19)34-23)24(31)29(25)14-18-8-5-11-32-18/h4-8,11-12,15H,2-3,9-10,14H2,1H3,(H,27,30). The lowest BCUT2D eigenvalue weighted by atomic mass is 9.97. The van der Waals surface area contributed by atoms with Gasteiger partial charge in [-0.25, -0.2) is 4.98 Å². The molecular weight excluding hydrogens is 468 g/mol. The lowest BCUT2D eigenvalue weighted by molar-refractivity contribution is -0.115. The lowest BCUT2D eigenvalue weighted by Gasteiger charge is -2.16. The number of rotatable bonds is 6. The lowest BCUT2D eigenvalue weighted by Crippen LogP contribution is -2.27. The number of hydrogen-bond acceptors (Lipinski definition) is 7. The van der Waals surface area contributed by atoms with Crippen LogP contribution in [-0.2, 0) is 24.2 Å². The number of nitrogens with one attached hydrogen (secondary N) is 1. The molecule has 1 aliphatic carbocycles. The van der Waals surface area contributed by atoms with E-state index in [0.29, 0.717) is 27.6 Å². The highest BCUT2D eigenvalue weighted by Crippen LogP contribution is 2.35. The highest BCUT2D eigenvalue weighted by molar-refractivity contribution is 8.00. The van der Waals surface area contributed by atoms with Gasteiger partial charge in [0.1, 0.15) is 10.6 Å². The normalized spacial score (nSPS) is 13.9. The molecule has 0 saturated carbocycles. The Morgan fingerprint density at radius 1 is 1.32 bits per heavy atom. The monoisotopic (exact) mass is 490 g/mol. The Kier molecular flexibility index (Phi) is 6.26. The van der Waals surface area contributed by atoms with E-state index in [1.54, 1.807) is 59.4 Å². The first-order valence-electron chi connectivity index (χ1n) is 11.1. The molecule has 5 rings (SSSR count). The van der Waals surface area contributed by atoms with E-state index in [0.717, 1.165) is 36.1 Å². The maximum atomic E-state index is 13.7. The van der Waals surface area contributed by atoms with Crippen molar-refractivity contribution < 1.29 is 9.21 Å². The molecule has 0 fully saturated rings. The highest BCUT2D eigenvalue weighted by atomic mass is 32.2. The summed E-state index contributed by atoms with van der Waals surface area (Å²) < 4.78 is 7.13. The van der Waals surface area contributed by atoms with E-state index >= 15 is 0 Å². The smallest absolute Gasteiger partial charge is 0.263 e. The number of carbonyl (C=O) groups is 1. The molecule has 4 aromatic rings. The fraction of sp³-hybridized carbons (Fsp3) is 0.280. The van der Waals surface area contributed by atoms with Crippen LogP contribution in [0.4, 0.5) is 5.69 Å². The Hall–Kier alpha value is -3.35. The van der Waals surface area contributed by atoms with E-state index in [1.807, 2.05) is 6.07 Å². The number of benzene rings is 1. The summed E-state index contributed by atoms with van der Waals surface area (Å²) in [5, 5.41) is 12.6. The average Bonchev–Trinajstić information content (AvgIpc) is 3.49. The summed E-state index contributed by atoms with van der Waals surface area (Å²) in [5.41, 5.74) is 2.08. The minimum atomic E-state index is -0.521. The fourth-order valence-corrected chi connectivity index (χ4v) is 6.34. The zero-order valence-corrected chi connectivity index (χ0v) is 20.2. The zero-order chi connectivity index (χ0) is 23.7. The maximum absolute atomic E-state index is 13.7. The number of thioether (sulfide) groups is 1. The highest BCUT2D eigenvalue weighted by Gasteiger charge is 2.25. The van der Waals surface area contributed by atoms with Crippen LogP contribution in [0.2, 0.25) is 0 Å². The van der Waals surface area contributed by atoms with Gasteiger partial charge in [0.05, 0.1) is 35.1 Å². The second-order valence-corrected chi connectivity index (χ2v) is 10.6. The average molecular weight is 491 g/mol. The van der Waals surface area contributed by atoms with Gasteiger partial charge in [0, 0.05) is 10.6 Å². The summed E-state index contributed by atoms with van der Waals surface area (Å²) in [6.45, 7) is 2.03. The van der Waals surface area contributed by atoms with Crippen LogP contribution in [0.1, 0.15) is 41.5 Å². The molecule has 1 N–H and O–H groups in total. The van der Waals surface area contributed by atoms with E-state index in [1.165, 1.54) is 16.6 Å².